The van der Waals surface area contributed by atoms with E-state index in [9.17, 15) is 4.79 Å². The average molecular weight is 242 g/mol. The summed E-state index contributed by atoms with van der Waals surface area (Å²) in [5, 5.41) is 0.909. The number of benzene rings is 1. The van der Waals surface area contributed by atoms with Crippen LogP contribution in [0.25, 0.3) is 11.0 Å². The molecule has 0 amide bonds. The molecule has 0 radical (unpaired) electrons. The average Bonchev–Trinajstić information content (AvgIpc) is 2.25. The van der Waals surface area contributed by atoms with Gasteiger partial charge in [-0.3, -0.25) is 0 Å². The first-order chi connectivity index (χ1) is 7.96. The van der Waals surface area contributed by atoms with Crippen molar-refractivity contribution in [3.05, 3.63) is 46.3 Å². The standard InChI is InChI=1S/C14H14O2Si/c1-17(2,3)9-8-12-10-11-6-4-5-7-13(11)16-14(12)15/h4-7,10H,1-3H3. The van der Waals surface area contributed by atoms with Gasteiger partial charge in [-0.25, -0.2) is 4.79 Å². The van der Waals surface area contributed by atoms with Crippen LogP contribution < -0.4 is 5.63 Å². The Balaban J connectivity index is 2.58. The molecule has 1 heterocycles. The van der Waals surface area contributed by atoms with Crippen molar-refractivity contribution in [2.45, 2.75) is 19.6 Å². The van der Waals surface area contributed by atoms with Crippen LogP contribution in [0.4, 0.5) is 0 Å². The van der Waals surface area contributed by atoms with E-state index in [1.54, 1.807) is 12.1 Å². The molecule has 1 aromatic carbocycles. The maximum Gasteiger partial charge on any atom is 0.352 e. The molecule has 86 valence electrons. The molecule has 0 bridgehead atoms. The fourth-order valence-corrected chi connectivity index (χ4v) is 1.91. The summed E-state index contributed by atoms with van der Waals surface area (Å²) < 4.78 is 5.22. The monoisotopic (exact) mass is 242 g/mol. The molecule has 17 heavy (non-hydrogen) atoms. The van der Waals surface area contributed by atoms with E-state index in [0.717, 1.165) is 5.39 Å². The van der Waals surface area contributed by atoms with Crippen LogP contribution in [0.1, 0.15) is 5.56 Å². The maximum atomic E-state index is 11.7. The van der Waals surface area contributed by atoms with Crippen LogP contribution in [-0.2, 0) is 0 Å². The number of para-hydroxylation sites is 1. The number of rotatable bonds is 0. The van der Waals surface area contributed by atoms with Gasteiger partial charge in [0, 0.05) is 5.39 Å². The summed E-state index contributed by atoms with van der Waals surface area (Å²) in [6.07, 6.45) is 0. The van der Waals surface area contributed by atoms with Crippen molar-refractivity contribution in [1.82, 2.24) is 0 Å². The van der Waals surface area contributed by atoms with Gasteiger partial charge in [-0.05, 0) is 12.1 Å². The fourth-order valence-electron chi connectivity index (χ4n) is 1.40. The Morgan fingerprint density at radius 1 is 1.18 bits per heavy atom. The van der Waals surface area contributed by atoms with Crippen molar-refractivity contribution in [3.8, 4) is 11.5 Å². The molecule has 1 aromatic heterocycles. The van der Waals surface area contributed by atoms with E-state index >= 15 is 0 Å². The quantitative estimate of drug-likeness (QED) is 0.404. The predicted molar refractivity (Wildman–Crippen MR) is 72.7 cm³/mol. The Morgan fingerprint density at radius 2 is 1.88 bits per heavy atom. The van der Waals surface area contributed by atoms with Crippen molar-refractivity contribution in [1.29, 1.82) is 0 Å². The minimum Gasteiger partial charge on any atom is -0.422 e. The van der Waals surface area contributed by atoms with Gasteiger partial charge in [0.1, 0.15) is 19.2 Å². The molecule has 2 rings (SSSR count). The molecule has 3 heteroatoms. The van der Waals surface area contributed by atoms with E-state index in [0.29, 0.717) is 11.1 Å². The van der Waals surface area contributed by atoms with Crippen molar-refractivity contribution in [2.24, 2.45) is 0 Å². The lowest BCUT2D eigenvalue weighted by Crippen LogP contribution is -2.17. The summed E-state index contributed by atoms with van der Waals surface area (Å²) in [6.45, 7) is 6.42. The largest absolute Gasteiger partial charge is 0.422 e. The summed E-state index contributed by atoms with van der Waals surface area (Å²) in [7, 11) is -1.47. The lowest BCUT2D eigenvalue weighted by molar-refractivity contribution is 0.559. The molecule has 2 aromatic rings. The van der Waals surface area contributed by atoms with E-state index in [1.165, 1.54) is 0 Å². The molecule has 0 aliphatic rings. The molecule has 0 fully saturated rings. The highest BCUT2D eigenvalue weighted by Crippen LogP contribution is 2.12. The van der Waals surface area contributed by atoms with Crippen LogP contribution in [0.2, 0.25) is 19.6 Å². The molecule has 0 saturated heterocycles. The second kappa shape index (κ2) is 4.23. The Kier molecular flexibility index (Phi) is 2.91. The zero-order chi connectivity index (χ0) is 12.5. The van der Waals surface area contributed by atoms with E-state index in [1.807, 2.05) is 18.2 Å². The predicted octanol–water partition coefficient (Wildman–Crippen LogP) is 3.02. The molecule has 0 aliphatic carbocycles. The van der Waals surface area contributed by atoms with E-state index in [4.69, 9.17) is 4.42 Å². The second-order valence-corrected chi connectivity index (χ2v) is 9.74. The molecular weight excluding hydrogens is 228 g/mol. The lowest BCUT2D eigenvalue weighted by atomic mass is 10.2. The van der Waals surface area contributed by atoms with Crippen molar-refractivity contribution in [2.75, 3.05) is 0 Å². The molecule has 0 N–H and O–H groups in total. The molecule has 0 saturated carbocycles. The smallest absolute Gasteiger partial charge is 0.352 e. The van der Waals surface area contributed by atoms with Crippen LogP contribution in [-0.4, -0.2) is 8.07 Å². The number of hydrogen-bond donors (Lipinski definition) is 0. The first-order valence-electron chi connectivity index (χ1n) is 5.52. The Labute approximate surface area is 101 Å². The molecule has 2 nitrogen and oxygen atoms in total. The van der Waals surface area contributed by atoms with Crippen LogP contribution in [0, 0.1) is 11.5 Å². The molecule has 0 atom stereocenters. The molecule has 0 unspecified atom stereocenters. The van der Waals surface area contributed by atoms with Crippen LogP contribution in [0.15, 0.2) is 39.5 Å². The van der Waals surface area contributed by atoms with Gasteiger partial charge in [-0.1, -0.05) is 43.8 Å². The SMILES string of the molecule is C[Si](C)(C)C#Cc1cc2ccccc2oc1=O. The van der Waals surface area contributed by atoms with Crippen LogP contribution in [0.3, 0.4) is 0 Å². The van der Waals surface area contributed by atoms with Gasteiger partial charge in [0.2, 0.25) is 0 Å². The van der Waals surface area contributed by atoms with Crippen molar-refractivity contribution in [3.63, 3.8) is 0 Å². The Hall–Kier alpha value is -1.79. The molecular formula is C14H14O2Si. The van der Waals surface area contributed by atoms with Gasteiger partial charge in [-0.15, -0.1) is 5.54 Å². The third-order valence-corrected chi connectivity index (χ3v) is 3.09. The van der Waals surface area contributed by atoms with Crippen LogP contribution >= 0.6 is 0 Å². The van der Waals surface area contributed by atoms with E-state index in [2.05, 4.69) is 31.1 Å². The topological polar surface area (TPSA) is 30.2 Å². The Morgan fingerprint density at radius 3 is 2.59 bits per heavy atom. The summed E-state index contributed by atoms with van der Waals surface area (Å²) in [4.78, 5) is 11.7. The van der Waals surface area contributed by atoms with Gasteiger partial charge >= 0.3 is 5.63 Å². The highest BCUT2D eigenvalue weighted by Gasteiger charge is 2.08. The Bertz CT molecular complexity index is 666. The fraction of sp³-hybridized carbons (Fsp3) is 0.214. The number of hydrogen-bond acceptors (Lipinski definition) is 2. The second-order valence-electron chi connectivity index (χ2n) is 4.99. The minimum absolute atomic E-state index is 0.352. The maximum absolute atomic E-state index is 11.7. The van der Waals surface area contributed by atoms with Gasteiger partial charge < -0.3 is 4.42 Å². The van der Waals surface area contributed by atoms with Crippen molar-refractivity contribution >= 4 is 19.0 Å². The van der Waals surface area contributed by atoms with Gasteiger partial charge in [0.15, 0.2) is 0 Å². The third-order valence-electron chi connectivity index (χ3n) is 2.21. The zero-order valence-corrected chi connectivity index (χ0v) is 11.2. The summed E-state index contributed by atoms with van der Waals surface area (Å²) >= 11 is 0. The normalized spacial score (nSPS) is 11.0. The van der Waals surface area contributed by atoms with E-state index < -0.39 is 8.07 Å². The molecule has 0 aliphatic heterocycles. The highest BCUT2D eigenvalue weighted by molar-refractivity contribution is 6.83. The van der Waals surface area contributed by atoms with Crippen molar-refractivity contribution < 1.29 is 4.42 Å². The van der Waals surface area contributed by atoms with Gasteiger partial charge in [0.05, 0.1) is 0 Å². The number of fused-ring (bicyclic) bond motifs is 1. The van der Waals surface area contributed by atoms with Crippen LogP contribution in [0.5, 0.6) is 0 Å². The minimum atomic E-state index is -1.47. The van der Waals surface area contributed by atoms with Gasteiger partial charge in [-0.2, -0.15) is 0 Å². The highest BCUT2D eigenvalue weighted by atomic mass is 28.3. The lowest BCUT2D eigenvalue weighted by Gasteiger charge is -2.03. The molecule has 0 spiro atoms. The van der Waals surface area contributed by atoms with E-state index in [-0.39, 0.29) is 5.63 Å². The zero-order valence-electron chi connectivity index (χ0n) is 10.2. The third kappa shape index (κ3) is 2.86. The summed E-state index contributed by atoms with van der Waals surface area (Å²) in [6, 6.07) is 9.26. The first-order valence-corrected chi connectivity index (χ1v) is 9.02. The van der Waals surface area contributed by atoms with Gasteiger partial charge in [0.25, 0.3) is 0 Å². The summed E-state index contributed by atoms with van der Waals surface area (Å²) in [5.41, 5.74) is 3.88. The summed E-state index contributed by atoms with van der Waals surface area (Å²) in [5.74, 6) is 2.95. The first kappa shape index (κ1) is 11.7.